The number of carbonyl (C=O) groups is 2. The standard InChI is InChI=1S/C26H24FN3O4/c1-29-24-9-8-20(13-21(24)15-28)18-4-6-19(7-5-18)26(33)30(16-31)23-12-17(11-22(27)14-23)3-10-25(32)34-2/h3-16,26,28-29,33H,1-2H3/b10-3+,28-15?. The highest BCUT2D eigenvalue weighted by Crippen LogP contribution is 2.29. The van der Waals surface area contributed by atoms with E-state index in [0.717, 1.165) is 39.4 Å². The molecular weight excluding hydrogens is 437 g/mol. The van der Waals surface area contributed by atoms with Crippen LogP contribution in [0.15, 0.2) is 66.7 Å². The van der Waals surface area contributed by atoms with Gasteiger partial charge in [-0.25, -0.2) is 9.18 Å². The molecule has 0 heterocycles. The van der Waals surface area contributed by atoms with E-state index in [1.54, 1.807) is 31.3 Å². The van der Waals surface area contributed by atoms with Gasteiger partial charge in [-0.2, -0.15) is 0 Å². The molecule has 0 aromatic heterocycles. The number of ether oxygens (including phenoxy) is 1. The second kappa shape index (κ2) is 11.0. The van der Waals surface area contributed by atoms with Gasteiger partial charge in [0.25, 0.3) is 0 Å². The van der Waals surface area contributed by atoms with Gasteiger partial charge in [0, 0.05) is 41.8 Å². The van der Waals surface area contributed by atoms with Gasteiger partial charge in [0.05, 0.1) is 7.11 Å². The third kappa shape index (κ3) is 5.54. The molecule has 3 rings (SSSR count). The highest BCUT2D eigenvalue weighted by Gasteiger charge is 2.19. The number of hydrogen-bond donors (Lipinski definition) is 3. The van der Waals surface area contributed by atoms with Crippen LogP contribution in [0.4, 0.5) is 15.8 Å². The summed E-state index contributed by atoms with van der Waals surface area (Å²) in [5, 5.41) is 21.4. The molecule has 0 aliphatic carbocycles. The van der Waals surface area contributed by atoms with Crippen molar-refractivity contribution in [1.82, 2.24) is 0 Å². The summed E-state index contributed by atoms with van der Waals surface area (Å²) in [6, 6.07) is 16.4. The topological polar surface area (TPSA) is 103 Å². The Kier molecular flexibility index (Phi) is 7.89. The fraction of sp³-hybridized carbons (Fsp3) is 0.115. The molecule has 0 spiro atoms. The number of hydrogen-bond acceptors (Lipinski definition) is 6. The molecule has 0 saturated carbocycles. The Morgan fingerprint density at radius 1 is 1.12 bits per heavy atom. The Bertz CT molecular complexity index is 1230. The minimum Gasteiger partial charge on any atom is -0.466 e. The summed E-state index contributed by atoms with van der Waals surface area (Å²) in [7, 11) is 3.01. The van der Waals surface area contributed by atoms with Crippen LogP contribution >= 0.6 is 0 Å². The van der Waals surface area contributed by atoms with Gasteiger partial charge in [-0.05, 0) is 53.1 Å². The number of aliphatic hydroxyl groups excluding tert-OH is 1. The zero-order chi connectivity index (χ0) is 24.7. The maximum atomic E-state index is 14.2. The summed E-state index contributed by atoms with van der Waals surface area (Å²) in [6.07, 6.45) is 2.79. The number of anilines is 2. The van der Waals surface area contributed by atoms with Crippen molar-refractivity contribution in [2.75, 3.05) is 24.4 Å². The van der Waals surface area contributed by atoms with Crippen molar-refractivity contribution < 1.29 is 23.8 Å². The average molecular weight is 461 g/mol. The number of methoxy groups -OCH3 is 1. The third-order valence-electron chi connectivity index (χ3n) is 5.21. The third-order valence-corrected chi connectivity index (χ3v) is 5.21. The van der Waals surface area contributed by atoms with E-state index in [0.29, 0.717) is 17.5 Å². The average Bonchev–Trinajstić information content (AvgIpc) is 2.87. The maximum Gasteiger partial charge on any atom is 0.330 e. The van der Waals surface area contributed by atoms with E-state index < -0.39 is 18.0 Å². The molecule has 0 bridgehead atoms. The van der Waals surface area contributed by atoms with Crippen LogP contribution < -0.4 is 10.2 Å². The van der Waals surface area contributed by atoms with E-state index in [2.05, 4.69) is 10.1 Å². The normalized spacial score (nSPS) is 11.6. The minimum atomic E-state index is -1.37. The van der Waals surface area contributed by atoms with E-state index in [9.17, 15) is 19.1 Å². The van der Waals surface area contributed by atoms with Crippen molar-refractivity contribution in [2.24, 2.45) is 0 Å². The van der Waals surface area contributed by atoms with Gasteiger partial charge >= 0.3 is 5.97 Å². The van der Waals surface area contributed by atoms with Crippen molar-refractivity contribution in [3.63, 3.8) is 0 Å². The summed E-state index contributed by atoms with van der Waals surface area (Å²) in [5.74, 6) is -1.24. The number of benzene rings is 3. The number of carbonyl (C=O) groups excluding carboxylic acids is 2. The smallest absolute Gasteiger partial charge is 0.330 e. The van der Waals surface area contributed by atoms with E-state index >= 15 is 0 Å². The Morgan fingerprint density at radius 2 is 1.82 bits per heavy atom. The first kappa shape index (κ1) is 24.3. The Balaban J connectivity index is 1.87. The van der Waals surface area contributed by atoms with Gasteiger partial charge in [0.2, 0.25) is 6.41 Å². The number of halogens is 1. The number of amides is 1. The fourth-order valence-electron chi connectivity index (χ4n) is 3.43. The predicted octanol–water partition coefficient (Wildman–Crippen LogP) is 4.37. The Hall–Kier alpha value is -4.30. The summed E-state index contributed by atoms with van der Waals surface area (Å²) < 4.78 is 18.7. The maximum absolute atomic E-state index is 14.2. The quantitative estimate of drug-likeness (QED) is 0.144. The largest absolute Gasteiger partial charge is 0.466 e. The van der Waals surface area contributed by atoms with Crippen LogP contribution in [0.5, 0.6) is 0 Å². The molecule has 1 amide bonds. The van der Waals surface area contributed by atoms with Gasteiger partial charge in [0.15, 0.2) is 6.23 Å². The lowest BCUT2D eigenvalue weighted by Gasteiger charge is -2.25. The first-order chi connectivity index (χ1) is 16.4. The molecule has 8 heteroatoms. The molecule has 0 fully saturated rings. The zero-order valence-corrected chi connectivity index (χ0v) is 18.7. The van der Waals surface area contributed by atoms with Crippen LogP contribution in [0, 0.1) is 11.2 Å². The van der Waals surface area contributed by atoms with Crippen LogP contribution in [-0.4, -0.2) is 37.9 Å². The van der Waals surface area contributed by atoms with Gasteiger partial charge in [-0.1, -0.05) is 30.3 Å². The number of nitrogens with one attached hydrogen (secondary N) is 2. The second-order valence-electron chi connectivity index (χ2n) is 7.30. The van der Waals surface area contributed by atoms with Crippen LogP contribution in [0.1, 0.15) is 22.9 Å². The molecule has 3 aromatic rings. The highest BCUT2D eigenvalue weighted by atomic mass is 19.1. The van der Waals surface area contributed by atoms with Gasteiger partial charge < -0.3 is 20.6 Å². The Morgan fingerprint density at radius 3 is 2.44 bits per heavy atom. The number of esters is 1. The molecule has 7 nitrogen and oxygen atoms in total. The van der Waals surface area contributed by atoms with Gasteiger partial charge in [0.1, 0.15) is 5.82 Å². The lowest BCUT2D eigenvalue weighted by Crippen LogP contribution is -2.27. The minimum absolute atomic E-state index is 0.120. The van der Waals surface area contributed by atoms with Crippen molar-refractivity contribution in [3.05, 3.63) is 89.2 Å². The predicted molar refractivity (Wildman–Crippen MR) is 130 cm³/mol. The Labute approximate surface area is 196 Å². The van der Waals surface area contributed by atoms with Gasteiger partial charge in [-0.15, -0.1) is 0 Å². The molecule has 0 saturated heterocycles. The van der Waals surface area contributed by atoms with Crippen molar-refractivity contribution >= 4 is 36.0 Å². The van der Waals surface area contributed by atoms with Crippen molar-refractivity contribution in [3.8, 4) is 11.1 Å². The molecule has 34 heavy (non-hydrogen) atoms. The van der Waals surface area contributed by atoms with Crippen molar-refractivity contribution in [1.29, 1.82) is 5.41 Å². The zero-order valence-electron chi connectivity index (χ0n) is 18.7. The molecule has 3 N–H and O–H groups in total. The van der Waals surface area contributed by atoms with Crippen LogP contribution in [0.3, 0.4) is 0 Å². The van der Waals surface area contributed by atoms with E-state index in [1.165, 1.54) is 31.5 Å². The van der Waals surface area contributed by atoms with Gasteiger partial charge in [-0.3, -0.25) is 9.69 Å². The molecular formula is C26H24FN3O4. The van der Waals surface area contributed by atoms with E-state index in [-0.39, 0.29) is 5.69 Å². The first-order valence-corrected chi connectivity index (χ1v) is 10.3. The number of rotatable bonds is 9. The van der Waals surface area contributed by atoms with Crippen LogP contribution in [0.25, 0.3) is 17.2 Å². The van der Waals surface area contributed by atoms with E-state index in [4.69, 9.17) is 5.41 Å². The number of nitrogens with zero attached hydrogens (tertiary/aromatic N) is 1. The molecule has 3 aromatic carbocycles. The molecule has 0 radical (unpaired) electrons. The molecule has 1 unspecified atom stereocenters. The lowest BCUT2D eigenvalue weighted by molar-refractivity contribution is -0.134. The molecule has 174 valence electrons. The lowest BCUT2D eigenvalue weighted by atomic mass is 10.0. The second-order valence-corrected chi connectivity index (χ2v) is 7.30. The monoisotopic (exact) mass is 461 g/mol. The SMILES string of the molecule is CNc1ccc(-c2ccc(C(O)N(C=O)c3cc(F)cc(/C=C/C(=O)OC)c3)cc2)cc1C=N. The van der Waals surface area contributed by atoms with E-state index in [1.807, 2.05) is 18.2 Å². The number of aliphatic hydroxyl groups is 1. The summed E-state index contributed by atoms with van der Waals surface area (Å²) in [6.45, 7) is 0. The fourth-order valence-corrected chi connectivity index (χ4v) is 3.43. The van der Waals surface area contributed by atoms with Crippen LogP contribution in [-0.2, 0) is 14.3 Å². The highest BCUT2D eigenvalue weighted by molar-refractivity contribution is 5.89. The molecule has 0 aliphatic rings. The first-order valence-electron chi connectivity index (χ1n) is 10.3. The summed E-state index contributed by atoms with van der Waals surface area (Å²) in [4.78, 5) is 24.1. The van der Waals surface area contributed by atoms with Crippen LogP contribution in [0.2, 0.25) is 0 Å². The summed E-state index contributed by atoms with van der Waals surface area (Å²) >= 11 is 0. The molecule has 0 aliphatic heterocycles. The molecule has 1 atom stereocenters. The van der Waals surface area contributed by atoms with Crippen molar-refractivity contribution in [2.45, 2.75) is 6.23 Å². The summed E-state index contributed by atoms with van der Waals surface area (Å²) in [5.41, 5.74) is 4.18.